The maximum absolute atomic E-state index is 2.70. The van der Waals surface area contributed by atoms with Crippen LogP contribution in [-0.4, -0.2) is 10.6 Å². The molecule has 11 aromatic carbocycles. The number of nitrogens with zero attached hydrogens (tertiary/aromatic N) is 2. The van der Waals surface area contributed by atoms with Crippen LogP contribution in [0.2, 0.25) is 0 Å². The molecule has 0 N–H and O–H groups in total. The number of aromatic nitrogens is 1. The fourth-order valence-electron chi connectivity index (χ4n) is 12.8. The Bertz CT molecular complexity index is 4240. The minimum absolute atomic E-state index is 0.0133. The van der Waals surface area contributed by atoms with Gasteiger partial charge in [-0.15, -0.1) is 0 Å². The number of rotatable bonds is 8. The highest BCUT2D eigenvalue weighted by atomic mass is 15.3. The maximum atomic E-state index is 2.70. The Balaban J connectivity index is 1.02. The molecule has 12 aromatic rings. The third-order valence-electron chi connectivity index (χ3n) is 16.0. The van der Waals surface area contributed by atoms with Crippen molar-refractivity contribution in [3.63, 3.8) is 0 Å². The topological polar surface area (TPSA) is 8.17 Å². The third-order valence-corrected chi connectivity index (χ3v) is 16.0. The van der Waals surface area contributed by atoms with Gasteiger partial charge in [0.1, 0.15) is 0 Å². The summed E-state index contributed by atoms with van der Waals surface area (Å²) in [6.07, 6.45) is 4.91. The summed E-state index contributed by atoms with van der Waals surface area (Å²) in [5.41, 5.74) is 27.3. The molecule has 0 spiro atoms. The summed E-state index contributed by atoms with van der Waals surface area (Å²) < 4.78 is 2.64. The van der Waals surface area contributed by atoms with Crippen molar-refractivity contribution in [2.75, 3.05) is 4.90 Å². The van der Waals surface area contributed by atoms with Gasteiger partial charge in [0.2, 0.25) is 0 Å². The van der Waals surface area contributed by atoms with Crippen molar-refractivity contribution in [2.45, 2.75) is 12.0 Å². The predicted molar refractivity (Wildman–Crippen MR) is 311 cm³/mol. The van der Waals surface area contributed by atoms with E-state index in [0.717, 1.165) is 0 Å². The van der Waals surface area contributed by atoms with Crippen molar-refractivity contribution in [3.8, 4) is 77.9 Å². The van der Waals surface area contributed by atoms with Crippen LogP contribution in [0.3, 0.4) is 0 Å². The smallest absolute Gasteiger partial charge is 0.0857 e. The zero-order chi connectivity index (χ0) is 48.7. The highest BCUT2D eigenvalue weighted by Crippen LogP contribution is 2.62. The van der Waals surface area contributed by atoms with E-state index >= 15 is 0 Å². The summed E-state index contributed by atoms with van der Waals surface area (Å²) in [6, 6.07) is 98.6. The Morgan fingerprint density at radius 1 is 0.297 bits per heavy atom. The van der Waals surface area contributed by atoms with Gasteiger partial charge in [-0.05, 0) is 131 Å². The van der Waals surface area contributed by atoms with Crippen molar-refractivity contribution in [1.82, 2.24) is 4.57 Å². The Labute approximate surface area is 431 Å². The van der Waals surface area contributed by atoms with E-state index in [2.05, 4.69) is 289 Å². The second-order valence-electron chi connectivity index (χ2n) is 19.8. The second-order valence-corrected chi connectivity index (χ2v) is 19.8. The van der Waals surface area contributed by atoms with Crippen molar-refractivity contribution in [2.24, 2.45) is 0 Å². The van der Waals surface area contributed by atoms with Gasteiger partial charge in [-0.25, -0.2) is 0 Å². The molecule has 3 aliphatic rings. The van der Waals surface area contributed by atoms with Crippen LogP contribution in [0.5, 0.6) is 0 Å². The van der Waals surface area contributed by atoms with Crippen molar-refractivity contribution >= 4 is 44.5 Å². The lowest BCUT2D eigenvalue weighted by Gasteiger charge is -2.40. The first-order valence-corrected chi connectivity index (χ1v) is 25.8. The summed E-state index contributed by atoms with van der Waals surface area (Å²) in [5.74, 6) is 0.0230. The van der Waals surface area contributed by atoms with Gasteiger partial charge in [-0.2, -0.15) is 0 Å². The lowest BCUT2D eigenvalue weighted by atomic mass is 9.76. The fraction of sp³-hybridized carbons (Fsp3) is 0.0278. The molecule has 0 bridgehead atoms. The second kappa shape index (κ2) is 17.1. The van der Waals surface area contributed by atoms with E-state index in [9.17, 15) is 0 Å². The SMILES string of the molecule is C1=C(c2ccccc2-c2ccccc2)C2c3cc(-c4ccccc4-c4ccccc4)ccc3N3c4ccc(-c5ccccc5-c5ccccc5)c5c6cc(-c7ccccc7-c7ccccc7)ccc6n(c45)C(=C1)C23. The predicted octanol–water partition coefficient (Wildman–Crippen LogP) is 19.0. The molecule has 74 heavy (non-hydrogen) atoms. The molecule has 346 valence electrons. The number of anilines is 2. The average molecular weight is 941 g/mol. The maximum Gasteiger partial charge on any atom is 0.0857 e. The molecular weight excluding hydrogens is 893 g/mol. The van der Waals surface area contributed by atoms with Gasteiger partial charge in [0, 0.05) is 28.1 Å². The number of hydrogen-bond acceptors (Lipinski definition) is 1. The number of benzene rings is 11. The molecular formula is C72H48N2. The average Bonchev–Trinajstić information content (AvgIpc) is 4.01. The molecule has 0 amide bonds. The number of allylic oxidation sites excluding steroid dienone is 2. The van der Waals surface area contributed by atoms with Gasteiger partial charge < -0.3 is 9.47 Å². The summed E-state index contributed by atoms with van der Waals surface area (Å²) in [4.78, 5) is 2.70. The largest absolute Gasteiger partial charge is 0.329 e. The van der Waals surface area contributed by atoms with Crippen LogP contribution in [0.1, 0.15) is 17.0 Å². The van der Waals surface area contributed by atoms with Crippen LogP contribution < -0.4 is 4.90 Å². The molecule has 1 aromatic heterocycles. The van der Waals surface area contributed by atoms with Gasteiger partial charge in [0.25, 0.3) is 0 Å². The molecule has 2 aliphatic heterocycles. The zero-order valence-corrected chi connectivity index (χ0v) is 40.6. The first-order valence-electron chi connectivity index (χ1n) is 25.8. The highest BCUT2D eigenvalue weighted by molar-refractivity contribution is 6.23. The summed E-state index contributed by atoms with van der Waals surface area (Å²) in [6.45, 7) is 0. The monoisotopic (exact) mass is 940 g/mol. The number of hydrogen-bond donors (Lipinski definition) is 0. The summed E-state index contributed by atoms with van der Waals surface area (Å²) >= 11 is 0. The first kappa shape index (κ1) is 42.2. The third kappa shape index (κ3) is 6.51. The Hall–Kier alpha value is -9.50. The molecule has 3 heterocycles. The molecule has 15 rings (SSSR count). The van der Waals surface area contributed by atoms with Gasteiger partial charge in [0.05, 0.1) is 22.8 Å². The van der Waals surface area contributed by atoms with Gasteiger partial charge in [-0.3, -0.25) is 0 Å². The molecule has 2 unspecified atom stereocenters. The lowest BCUT2D eigenvalue weighted by molar-refractivity contribution is 0.737. The van der Waals surface area contributed by atoms with Crippen molar-refractivity contribution in [1.29, 1.82) is 0 Å². The number of fused-ring (bicyclic) bond motifs is 8. The molecule has 0 saturated carbocycles. The summed E-state index contributed by atoms with van der Waals surface area (Å²) in [7, 11) is 0. The van der Waals surface area contributed by atoms with Crippen LogP contribution in [0.4, 0.5) is 11.4 Å². The molecule has 0 saturated heterocycles. The quantitative estimate of drug-likeness (QED) is 0.147. The lowest BCUT2D eigenvalue weighted by Crippen LogP contribution is -2.38. The Kier molecular flexibility index (Phi) is 9.74. The van der Waals surface area contributed by atoms with Crippen LogP contribution in [0.15, 0.2) is 279 Å². The van der Waals surface area contributed by atoms with E-state index in [4.69, 9.17) is 0 Å². The van der Waals surface area contributed by atoms with E-state index in [0.29, 0.717) is 0 Å². The van der Waals surface area contributed by atoms with Gasteiger partial charge in [0.15, 0.2) is 0 Å². The van der Waals surface area contributed by atoms with Gasteiger partial charge in [-0.1, -0.05) is 243 Å². The van der Waals surface area contributed by atoms with Crippen molar-refractivity contribution < 1.29 is 0 Å². The van der Waals surface area contributed by atoms with E-state index in [1.807, 2.05) is 0 Å². The van der Waals surface area contributed by atoms with Crippen LogP contribution in [0, 0.1) is 0 Å². The van der Waals surface area contributed by atoms with Crippen LogP contribution >= 0.6 is 0 Å². The van der Waals surface area contributed by atoms with Gasteiger partial charge >= 0.3 is 0 Å². The minimum atomic E-state index is -0.0133. The fourth-order valence-corrected chi connectivity index (χ4v) is 12.8. The first-order chi connectivity index (χ1) is 36.8. The standard InChI is InChI=1S/C72H48N2/c1-5-21-47(22-6-1)53-29-13-15-33-57(53)51-37-41-65-63(45-51)69-61(59-35-19-17-31-55(59)49-25-9-3-10-26-49)39-43-67-71(69)73(65)68-44-40-62(60-36-20-18-32-56(60)50-27-11-4-12-28-50)70-64-46-52(38-42-66(64)74(67)72(68)70)58-34-16-14-30-54(58)48-23-7-2-8-24-48/h1-46,69,71H. The molecule has 2 heteroatoms. The summed E-state index contributed by atoms with van der Waals surface area (Å²) in [5, 5.41) is 2.51. The van der Waals surface area contributed by atoms with E-state index in [1.165, 1.54) is 133 Å². The molecule has 1 aliphatic carbocycles. The van der Waals surface area contributed by atoms with E-state index in [1.54, 1.807) is 0 Å². The molecule has 0 fully saturated rings. The Morgan fingerprint density at radius 3 is 1.26 bits per heavy atom. The molecule has 2 nitrogen and oxygen atoms in total. The molecule has 2 atom stereocenters. The van der Waals surface area contributed by atoms with E-state index < -0.39 is 0 Å². The molecule has 0 radical (unpaired) electrons. The minimum Gasteiger partial charge on any atom is -0.329 e. The normalized spacial score (nSPS) is 15.2. The van der Waals surface area contributed by atoms with Crippen molar-refractivity contribution in [3.05, 3.63) is 290 Å². The van der Waals surface area contributed by atoms with Crippen LogP contribution in [-0.2, 0) is 0 Å². The van der Waals surface area contributed by atoms with Crippen LogP contribution in [0.25, 0.3) is 111 Å². The van der Waals surface area contributed by atoms with E-state index in [-0.39, 0.29) is 12.0 Å². The highest BCUT2D eigenvalue weighted by Gasteiger charge is 2.49. The Morgan fingerprint density at radius 2 is 0.716 bits per heavy atom. The zero-order valence-electron chi connectivity index (χ0n) is 40.6.